The summed E-state index contributed by atoms with van der Waals surface area (Å²) in [5, 5.41) is 8.14. The van der Waals surface area contributed by atoms with Crippen LogP contribution in [0.4, 0.5) is 18.9 Å². The Balaban J connectivity index is 1.89. The second-order valence-corrected chi connectivity index (χ2v) is 4.64. The van der Waals surface area contributed by atoms with Gasteiger partial charge in [-0.15, -0.1) is 13.2 Å². The van der Waals surface area contributed by atoms with E-state index in [-0.39, 0.29) is 11.6 Å². The molecule has 0 aromatic heterocycles. The van der Waals surface area contributed by atoms with E-state index in [0.717, 1.165) is 11.1 Å². The van der Waals surface area contributed by atoms with Crippen molar-refractivity contribution in [3.05, 3.63) is 59.7 Å². The summed E-state index contributed by atoms with van der Waals surface area (Å²) in [6.07, 6.45) is -4.72. The molecule has 0 spiro atoms. The summed E-state index contributed by atoms with van der Waals surface area (Å²) in [6.45, 7) is 0.463. The number of alkyl halides is 3. The Morgan fingerprint density at radius 1 is 1.05 bits per heavy atom. The molecule has 1 N–H and O–H groups in total. The molecule has 3 nitrogen and oxygen atoms in total. The number of benzene rings is 2. The van der Waals surface area contributed by atoms with Crippen molar-refractivity contribution in [1.82, 2.24) is 0 Å². The highest BCUT2D eigenvalue weighted by Crippen LogP contribution is 2.31. The molecule has 0 saturated heterocycles. The van der Waals surface area contributed by atoms with Crippen LogP contribution in [0.25, 0.3) is 0 Å². The van der Waals surface area contributed by atoms with Crippen molar-refractivity contribution in [2.24, 2.45) is 0 Å². The minimum atomic E-state index is -4.72. The molecule has 0 radical (unpaired) electrons. The third-order valence-corrected chi connectivity index (χ3v) is 3.23. The first-order chi connectivity index (χ1) is 9.94. The van der Waals surface area contributed by atoms with Gasteiger partial charge in [0.05, 0.1) is 6.54 Å². The van der Waals surface area contributed by atoms with Crippen LogP contribution in [0.5, 0.6) is 5.75 Å². The van der Waals surface area contributed by atoms with E-state index in [1.54, 1.807) is 11.0 Å². The van der Waals surface area contributed by atoms with E-state index in [1.807, 2.05) is 24.3 Å². The van der Waals surface area contributed by atoms with Crippen molar-refractivity contribution in [1.29, 1.82) is 5.41 Å². The van der Waals surface area contributed by atoms with Crippen LogP contribution in [-0.2, 0) is 6.54 Å². The van der Waals surface area contributed by atoms with Crippen LogP contribution < -0.4 is 9.64 Å². The zero-order valence-electron chi connectivity index (χ0n) is 10.8. The highest BCUT2D eigenvalue weighted by Gasteiger charge is 2.31. The van der Waals surface area contributed by atoms with Gasteiger partial charge in [0.2, 0.25) is 0 Å². The zero-order valence-corrected chi connectivity index (χ0v) is 10.8. The van der Waals surface area contributed by atoms with Gasteiger partial charge >= 0.3 is 6.36 Å². The highest BCUT2D eigenvalue weighted by atomic mass is 19.4. The van der Waals surface area contributed by atoms with Gasteiger partial charge in [0.15, 0.2) is 0 Å². The Kier molecular flexibility index (Phi) is 3.08. The summed E-state index contributed by atoms with van der Waals surface area (Å²) < 4.78 is 40.7. The monoisotopic (exact) mass is 292 g/mol. The van der Waals surface area contributed by atoms with Crippen molar-refractivity contribution in [2.75, 3.05) is 4.90 Å². The Bertz CT molecular complexity index is 697. The number of hydrogen-bond donors (Lipinski definition) is 1. The summed E-state index contributed by atoms with van der Waals surface area (Å²) in [5.74, 6) is -0.0153. The Morgan fingerprint density at radius 3 is 2.52 bits per heavy atom. The first-order valence-corrected chi connectivity index (χ1v) is 6.24. The maximum absolute atomic E-state index is 12.3. The molecule has 0 saturated carbocycles. The molecular weight excluding hydrogens is 281 g/mol. The number of nitrogens with zero attached hydrogens (tertiary/aromatic N) is 1. The first-order valence-electron chi connectivity index (χ1n) is 6.24. The number of anilines is 1. The van der Waals surface area contributed by atoms with E-state index < -0.39 is 6.36 Å². The molecule has 108 valence electrons. The molecule has 3 rings (SSSR count). The minimum absolute atomic E-state index is 0.273. The van der Waals surface area contributed by atoms with E-state index in [1.165, 1.54) is 18.2 Å². The standard InChI is InChI=1S/C15H11F3N2O/c16-15(17,18)21-12-6-3-5-11(8-12)20-9-10-4-1-2-7-13(10)14(20)19/h1-8,19H,9H2. The molecule has 21 heavy (non-hydrogen) atoms. The minimum Gasteiger partial charge on any atom is -0.406 e. The maximum Gasteiger partial charge on any atom is 0.573 e. The fourth-order valence-electron chi connectivity index (χ4n) is 2.35. The molecular formula is C15H11F3N2O. The van der Waals surface area contributed by atoms with E-state index in [4.69, 9.17) is 5.41 Å². The molecule has 0 amide bonds. The van der Waals surface area contributed by atoms with Crippen LogP contribution in [0, 0.1) is 5.41 Å². The summed E-state index contributed by atoms with van der Waals surface area (Å²) in [6, 6.07) is 13.1. The number of hydrogen-bond acceptors (Lipinski definition) is 2. The lowest BCUT2D eigenvalue weighted by Gasteiger charge is -2.19. The highest BCUT2D eigenvalue weighted by molar-refractivity contribution is 6.11. The van der Waals surface area contributed by atoms with Gasteiger partial charge in [-0.1, -0.05) is 30.3 Å². The smallest absolute Gasteiger partial charge is 0.406 e. The van der Waals surface area contributed by atoms with Gasteiger partial charge in [-0.3, -0.25) is 5.41 Å². The van der Waals surface area contributed by atoms with Crippen LogP contribution in [-0.4, -0.2) is 12.2 Å². The lowest BCUT2D eigenvalue weighted by Crippen LogP contribution is -2.23. The van der Waals surface area contributed by atoms with Crippen molar-refractivity contribution in [3.8, 4) is 5.75 Å². The van der Waals surface area contributed by atoms with Gasteiger partial charge < -0.3 is 9.64 Å². The quantitative estimate of drug-likeness (QED) is 0.910. The van der Waals surface area contributed by atoms with Gasteiger partial charge in [0, 0.05) is 17.3 Å². The molecule has 1 heterocycles. The van der Waals surface area contributed by atoms with E-state index in [2.05, 4.69) is 4.74 Å². The van der Waals surface area contributed by atoms with E-state index in [9.17, 15) is 13.2 Å². The molecule has 0 bridgehead atoms. The fraction of sp³-hybridized carbons (Fsp3) is 0.133. The van der Waals surface area contributed by atoms with Crippen LogP contribution in [0.1, 0.15) is 11.1 Å². The van der Waals surface area contributed by atoms with Crippen LogP contribution in [0.15, 0.2) is 48.5 Å². The Morgan fingerprint density at radius 2 is 1.81 bits per heavy atom. The van der Waals surface area contributed by atoms with Gasteiger partial charge in [-0.05, 0) is 17.7 Å². The number of amidine groups is 1. The number of nitrogens with one attached hydrogen (secondary N) is 1. The first kappa shape index (κ1) is 13.5. The Hall–Kier alpha value is -2.50. The molecule has 2 aromatic rings. The predicted octanol–water partition coefficient (Wildman–Crippen LogP) is 3.93. The van der Waals surface area contributed by atoms with Crippen LogP contribution in [0.2, 0.25) is 0 Å². The lowest BCUT2D eigenvalue weighted by atomic mass is 10.1. The third kappa shape index (κ3) is 2.69. The van der Waals surface area contributed by atoms with Crippen LogP contribution in [0.3, 0.4) is 0 Å². The molecule has 1 aliphatic rings. The molecule has 1 aliphatic heterocycles. The average Bonchev–Trinajstić information content (AvgIpc) is 2.75. The molecule has 0 aliphatic carbocycles. The number of fused-ring (bicyclic) bond motifs is 1. The van der Waals surface area contributed by atoms with Gasteiger partial charge in [-0.25, -0.2) is 0 Å². The largest absolute Gasteiger partial charge is 0.573 e. The Labute approximate surface area is 119 Å². The predicted molar refractivity (Wildman–Crippen MR) is 72.6 cm³/mol. The summed E-state index contributed by atoms with van der Waals surface area (Å²) in [7, 11) is 0. The number of rotatable bonds is 2. The van der Waals surface area contributed by atoms with Crippen molar-refractivity contribution in [2.45, 2.75) is 12.9 Å². The maximum atomic E-state index is 12.3. The second-order valence-electron chi connectivity index (χ2n) is 4.64. The summed E-state index contributed by atoms with van der Waals surface area (Å²) in [4.78, 5) is 1.65. The summed E-state index contributed by atoms with van der Waals surface area (Å²) in [5.41, 5.74) is 2.27. The normalized spacial score (nSPS) is 14.2. The topological polar surface area (TPSA) is 36.3 Å². The molecule has 6 heteroatoms. The molecule has 0 fully saturated rings. The van der Waals surface area contributed by atoms with Crippen molar-refractivity contribution >= 4 is 11.5 Å². The lowest BCUT2D eigenvalue weighted by molar-refractivity contribution is -0.274. The zero-order chi connectivity index (χ0) is 15.0. The fourth-order valence-corrected chi connectivity index (χ4v) is 2.35. The van der Waals surface area contributed by atoms with Gasteiger partial charge in [-0.2, -0.15) is 0 Å². The van der Waals surface area contributed by atoms with E-state index >= 15 is 0 Å². The van der Waals surface area contributed by atoms with E-state index in [0.29, 0.717) is 12.2 Å². The molecule has 0 unspecified atom stereocenters. The van der Waals surface area contributed by atoms with Gasteiger partial charge in [0.25, 0.3) is 0 Å². The average molecular weight is 292 g/mol. The van der Waals surface area contributed by atoms with Gasteiger partial charge in [0.1, 0.15) is 11.6 Å². The van der Waals surface area contributed by atoms with Crippen LogP contribution >= 0.6 is 0 Å². The second kappa shape index (κ2) is 4.80. The molecule has 2 aromatic carbocycles. The third-order valence-electron chi connectivity index (χ3n) is 3.23. The SMILES string of the molecule is N=C1c2ccccc2CN1c1cccc(OC(F)(F)F)c1. The number of ether oxygens (including phenoxy) is 1. The van der Waals surface area contributed by atoms with Crippen molar-refractivity contribution < 1.29 is 17.9 Å². The number of halogens is 3. The summed E-state index contributed by atoms with van der Waals surface area (Å²) >= 11 is 0. The van der Waals surface area contributed by atoms with Crippen molar-refractivity contribution in [3.63, 3.8) is 0 Å². The molecule has 0 atom stereocenters.